The van der Waals surface area contributed by atoms with E-state index in [2.05, 4.69) is 39.6 Å². The van der Waals surface area contributed by atoms with E-state index in [0.717, 1.165) is 12.5 Å². The Kier molecular flexibility index (Phi) is 6.45. The van der Waals surface area contributed by atoms with Crippen molar-refractivity contribution < 1.29 is 4.79 Å². The largest absolute Gasteiger partial charge is 0.302 e. The molecule has 0 radical (unpaired) electrons. The Morgan fingerprint density at radius 3 is 2.28 bits per heavy atom. The molecule has 29 heavy (non-hydrogen) atoms. The molecule has 1 aromatic heterocycles. The lowest BCUT2D eigenvalue weighted by molar-refractivity contribution is -0.130. The van der Waals surface area contributed by atoms with E-state index >= 15 is 0 Å². The Morgan fingerprint density at radius 2 is 1.72 bits per heavy atom. The van der Waals surface area contributed by atoms with Gasteiger partial charge in [0, 0.05) is 31.7 Å². The van der Waals surface area contributed by atoms with E-state index in [1.807, 2.05) is 6.20 Å². The van der Waals surface area contributed by atoms with Crippen LogP contribution in [0.5, 0.6) is 0 Å². The van der Waals surface area contributed by atoms with Crippen molar-refractivity contribution in [1.82, 2.24) is 19.6 Å². The molecule has 5 nitrogen and oxygen atoms in total. The average molecular weight is 401 g/mol. The van der Waals surface area contributed by atoms with E-state index in [-0.39, 0.29) is 0 Å². The molecule has 2 aliphatic heterocycles. The van der Waals surface area contributed by atoms with Gasteiger partial charge in [-0.25, -0.2) is 0 Å². The fourth-order valence-corrected chi connectivity index (χ4v) is 5.65. The van der Waals surface area contributed by atoms with Gasteiger partial charge in [-0.2, -0.15) is 5.10 Å². The van der Waals surface area contributed by atoms with Crippen molar-refractivity contribution in [3.63, 3.8) is 0 Å². The number of piperidine rings is 2. The molecular weight excluding hydrogens is 360 g/mol. The van der Waals surface area contributed by atoms with E-state index in [1.165, 1.54) is 83.4 Å². The van der Waals surface area contributed by atoms with Crippen LogP contribution in [-0.4, -0.2) is 64.6 Å². The molecule has 0 amide bonds. The summed E-state index contributed by atoms with van der Waals surface area (Å²) in [5.41, 5.74) is 1.87. The Hall–Kier alpha value is -1.20. The number of nitrogens with zero attached hydrogens (tertiary/aromatic N) is 4. The van der Waals surface area contributed by atoms with Gasteiger partial charge in [-0.1, -0.05) is 13.8 Å². The SMILES string of the molecule is CC(=O)C1CC2(CCN(CCN3CCC(Cn4cc(C(C)C)cn4)CC3)CC2)C1. The Labute approximate surface area is 176 Å². The number of rotatable bonds is 7. The highest BCUT2D eigenvalue weighted by molar-refractivity contribution is 5.79. The lowest BCUT2D eigenvalue weighted by atomic mass is 9.56. The van der Waals surface area contributed by atoms with Crippen molar-refractivity contribution in [1.29, 1.82) is 0 Å². The second-order valence-corrected chi connectivity index (χ2v) is 10.5. The van der Waals surface area contributed by atoms with E-state index in [0.29, 0.717) is 23.0 Å². The summed E-state index contributed by atoms with van der Waals surface area (Å²) in [4.78, 5) is 16.9. The van der Waals surface area contributed by atoms with Crippen LogP contribution in [-0.2, 0) is 11.3 Å². The van der Waals surface area contributed by atoms with Gasteiger partial charge in [0.2, 0.25) is 0 Å². The highest BCUT2D eigenvalue weighted by Crippen LogP contribution is 2.52. The zero-order valence-electron chi connectivity index (χ0n) is 18.8. The minimum Gasteiger partial charge on any atom is -0.302 e. The number of hydrogen-bond donors (Lipinski definition) is 0. The van der Waals surface area contributed by atoms with Gasteiger partial charge in [-0.15, -0.1) is 0 Å². The molecule has 1 saturated carbocycles. The summed E-state index contributed by atoms with van der Waals surface area (Å²) in [6.07, 6.45) is 11.8. The van der Waals surface area contributed by atoms with Crippen LogP contribution in [0.1, 0.15) is 70.8 Å². The quantitative estimate of drug-likeness (QED) is 0.698. The highest BCUT2D eigenvalue weighted by atomic mass is 16.1. The van der Waals surface area contributed by atoms with Gasteiger partial charge in [0.15, 0.2) is 0 Å². The van der Waals surface area contributed by atoms with Crippen LogP contribution >= 0.6 is 0 Å². The highest BCUT2D eigenvalue weighted by Gasteiger charge is 2.47. The lowest BCUT2D eigenvalue weighted by Crippen LogP contribution is -2.50. The van der Waals surface area contributed by atoms with Crippen LogP contribution in [0.15, 0.2) is 12.4 Å². The standard InChI is InChI=1S/C24H40N4O/c1-19(2)23-16-25-28(18-23)17-21-4-8-26(9-5-21)12-13-27-10-6-24(7-11-27)14-22(15-24)20(3)29/h16,18-19,21-22H,4-15,17H2,1-3H3. The first-order chi connectivity index (χ1) is 13.9. The molecule has 5 heteroatoms. The Morgan fingerprint density at radius 1 is 1.10 bits per heavy atom. The zero-order valence-corrected chi connectivity index (χ0v) is 18.8. The molecule has 0 aromatic carbocycles. The fraction of sp³-hybridized carbons (Fsp3) is 0.833. The van der Waals surface area contributed by atoms with Crippen LogP contribution in [0.25, 0.3) is 0 Å². The van der Waals surface area contributed by atoms with E-state index < -0.39 is 0 Å². The zero-order chi connectivity index (χ0) is 20.4. The molecule has 0 N–H and O–H groups in total. The van der Waals surface area contributed by atoms with Gasteiger partial charge in [-0.3, -0.25) is 9.48 Å². The third-order valence-corrected chi connectivity index (χ3v) is 8.06. The van der Waals surface area contributed by atoms with Gasteiger partial charge in [0.25, 0.3) is 0 Å². The van der Waals surface area contributed by atoms with Gasteiger partial charge in [-0.05, 0) is 94.4 Å². The molecule has 4 rings (SSSR count). The first-order valence-electron chi connectivity index (χ1n) is 11.9. The Balaban J connectivity index is 1.12. The van der Waals surface area contributed by atoms with E-state index in [1.54, 1.807) is 6.92 Å². The third kappa shape index (κ3) is 5.11. The molecule has 0 unspecified atom stereocenters. The van der Waals surface area contributed by atoms with Crippen molar-refractivity contribution in [3.8, 4) is 0 Å². The predicted octanol–water partition coefficient (Wildman–Crippen LogP) is 3.80. The summed E-state index contributed by atoms with van der Waals surface area (Å²) in [5, 5.41) is 4.56. The smallest absolute Gasteiger partial charge is 0.132 e. The lowest BCUT2D eigenvalue weighted by Gasteiger charge is -2.51. The topological polar surface area (TPSA) is 41.4 Å². The predicted molar refractivity (Wildman–Crippen MR) is 117 cm³/mol. The normalized spacial score (nSPS) is 24.3. The molecular formula is C24H40N4O. The molecule has 162 valence electrons. The van der Waals surface area contributed by atoms with Crippen molar-refractivity contribution >= 4 is 5.78 Å². The minimum atomic E-state index is 0.376. The molecule has 1 aliphatic carbocycles. The summed E-state index contributed by atoms with van der Waals surface area (Å²) < 4.78 is 2.16. The number of likely N-dealkylation sites (tertiary alicyclic amines) is 2. The maximum Gasteiger partial charge on any atom is 0.132 e. The number of carbonyl (C=O) groups is 1. The molecule has 2 saturated heterocycles. The maximum absolute atomic E-state index is 11.5. The number of hydrogen-bond acceptors (Lipinski definition) is 4. The van der Waals surface area contributed by atoms with Crippen LogP contribution in [0.4, 0.5) is 0 Å². The van der Waals surface area contributed by atoms with Gasteiger partial charge >= 0.3 is 0 Å². The van der Waals surface area contributed by atoms with Crippen molar-refractivity contribution in [2.45, 2.75) is 71.8 Å². The Bertz CT molecular complexity index is 673. The molecule has 3 heterocycles. The molecule has 1 aromatic rings. The van der Waals surface area contributed by atoms with Crippen LogP contribution in [0.3, 0.4) is 0 Å². The van der Waals surface area contributed by atoms with Gasteiger partial charge in [0.05, 0.1) is 6.20 Å². The summed E-state index contributed by atoms with van der Waals surface area (Å²) in [7, 11) is 0. The van der Waals surface area contributed by atoms with Crippen molar-refractivity contribution in [2.75, 3.05) is 39.3 Å². The summed E-state index contributed by atoms with van der Waals surface area (Å²) in [5.74, 6) is 2.12. The second-order valence-electron chi connectivity index (χ2n) is 10.5. The minimum absolute atomic E-state index is 0.376. The average Bonchev–Trinajstić information content (AvgIpc) is 3.15. The molecule has 1 spiro atoms. The van der Waals surface area contributed by atoms with Crippen molar-refractivity contribution in [2.24, 2.45) is 17.3 Å². The first-order valence-corrected chi connectivity index (χ1v) is 11.9. The first kappa shape index (κ1) is 21.0. The molecule has 0 atom stereocenters. The maximum atomic E-state index is 11.5. The van der Waals surface area contributed by atoms with Crippen LogP contribution in [0.2, 0.25) is 0 Å². The molecule has 0 bridgehead atoms. The van der Waals surface area contributed by atoms with Gasteiger partial charge < -0.3 is 9.80 Å². The number of ketones is 1. The summed E-state index contributed by atoms with van der Waals surface area (Å²) in [6.45, 7) is 14.7. The number of carbonyl (C=O) groups excluding carboxylic acids is 1. The fourth-order valence-electron chi connectivity index (χ4n) is 5.65. The number of aromatic nitrogens is 2. The molecule has 3 aliphatic rings. The summed E-state index contributed by atoms with van der Waals surface area (Å²) in [6, 6.07) is 0. The van der Waals surface area contributed by atoms with E-state index in [9.17, 15) is 4.79 Å². The number of Topliss-reactive ketones (excluding diaryl/α,β-unsaturated/α-hetero) is 1. The second kappa shape index (κ2) is 8.89. The van der Waals surface area contributed by atoms with Crippen molar-refractivity contribution in [3.05, 3.63) is 18.0 Å². The molecule has 3 fully saturated rings. The van der Waals surface area contributed by atoms with Crippen LogP contribution < -0.4 is 0 Å². The third-order valence-electron chi connectivity index (χ3n) is 8.06. The summed E-state index contributed by atoms with van der Waals surface area (Å²) >= 11 is 0. The monoisotopic (exact) mass is 400 g/mol. The van der Waals surface area contributed by atoms with Gasteiger partial charge in [0.1, 0.15) is 5.78 Å². The van der Waals surface area contributed by atoms with Crippen LogP contribution in [0, 0.1) is 17.3 Å². The van der Waals surface area contributed by atoms with E-state index in [4.69, 9.17) is 0 Å².